The van der Waals surface area contributed by atoms with Crippen LogP contribution in [-0.4, -0.2) is 24.5 Å². The zero-order valence-corrected chi connectivity index (χ0v) is 12.9. The van der Waals surface area contributed by atoms with Crippen LogP contribution in [0.25, 0.3) is 0 Å². The van der Waals surface area contributed by atoms with E-state index in [1.807, 2.05) is 0 Å². The van der Waals surface area contributed by atoms with Crippen molar-refractivity contribution in [2.45, 2.75) is 78.6 Å². The molecule has 0 N–H and O–H groups in total. The molecule has 0 saturated carbocycles. The average molecular weight is 235 g/mol. The predicted octanol–water partition coefficient (Wildman–Crippen LogP) is 1.98. The second kappa shape index (κ2) is 16.6. The van der Waals surface area contributed by atoms with Crippen molar-refractivity contribution in [2.24, 2.45) is 0 Å². The fraction of sp³-hybridized carbons (Fsp3) is 1.00. The molecule has 0 heterocycles. The Balaban J connectivity index is -0.00000112. The maximum atomic E-state index is 2.67. The van der Waals surface area contributed by atoms with E-state index in [4.69, 9.17) is 0 Å². The molecule has 1 nitrogen and oxygen atoms in total. The largest absolute Gasteiger partial charge is 1.00 e. The van der Waals surface area contributed by atoms with Gasteiger partial charge in [-0.15, -0.1) is 0 Å². The molecule has 0 aromatic rings. The summed E-state index contributed by atoms with van der Waals surface area (Å²) in [4.78, 5) is 2.67. The van der Waals surface area contributed by atoms with Crippen molar-refractivity contribution in [3.8, 4) is 0 Å². The second-order valence-corrected chi connectivity index (χ2v) is 4.96. The Labute approximate surface area is 123 Å². The fourth-order valence-corrected chi connectivity index (χ4v) is 2.18. The molecule has 0 bridgehead atoms. The molecule has 100 valence electrons. The van der Waals surface area contributed by atoms with Crippen LogP contribution in [0.3, 0.4) is 0 Å². The summed E-state index contributed by atoms with van der Waals surface area (Å²) >= 11 is 0. The Morgan fingerprint density at radius 1 is 0.588 bits per heavy atom. The van der Waals surface area contributed by atoms with Crippen molar-refractivity contribution in [3.63, 3.8) is 0 Å². The van der Waals surface area contributed by atoms with Crippen LogP contribution in [-0.2, 0) is 0 Å². The van der Waals surface area contributed by atoms with Gasteiger partial charge in [0.25, 0.3) is 0 Å². The van der Waals surface area contributed by atoms with Gasteiger partial charge >= 0.3 is 18.9 Å². The molecule has 0 radical (unpaired) electrons. The molecule has 0 spiro atoms. The second-order valence-electron chi connectivity index (χ2n) is 4.96. The van der Waals surface area contributed by atoms with Crippen LogP contribution in [0.15, 0.2) is 0 Å². The summed E-state index contributed by atoms with van der Waals surface area (Å²) in [5, 5.41) is 0. The van der Waals surface area contributed by atoms with Crippen LogP contribution in [0.1, 0.15) is 80.0 Å². The zero-order valence-electron chi connectivity index (χ0n) is 13.9. The maximum Gasteiger partial charge on any atom is 1.00 e. The predicted molar refractivity (Wildman–Crippen MR) is 76.1 cm³/mol. The Morgan fingerprint density at radius 2 is 1.06 bits per heavy atom. The fourth-order valence-electron chi connectivity index (χ4n) is 2.18. The van der Waals surface area contributed by atoms with Gasteiger partial charge in [0.2, 0.25) is 0 Å². The third-order valence-corrected chi connectivity index (χ3v) is 3.20. The van der Waals surface area contributed by atoms with Gasteiger partial charge in [-0.3, -0.25) is 0 Å². The van der Waals surface area contributed by atoms with E-state index in [0.717, 1.165) is 0 Å². The van der Waals surface area contributed by atoms with Gasteiger partial charge in [0.15, 0.2) is 0 Å². The van der Waals surface area contributed by atoms with Gasteiger partial charge in [0, 0.05) is 0 Å². The number of hydrogen-bond donors (Lipinski definition) is 0. The molecule has 0 aliphatic carbocycles. The first-order valence-corrected chi connectivity index (χ1v) is 7.57. The minimum absolute atomic E-state index is 0. The first-order valence-electron chi connectivity index (χ1n) is 7.57. The maximum absolute atomic E-state index is 2.67. The van der Waals surface area contributed by atoms with Crippen molar-refractivity contribution in [1.29, 1.82) is 0 Å². The van der Waals surface area contributed by atoms with E-state index < -0.39 is 0 Å². The Kier molecular flexibility index (Phi) is 19.4. The molecular formula is C15H34LiN. The molecular weight excluding hydrogens is 201 g/mol. The smallest absolute Gasteiger partial charge is 1.00 e. The molecule has 0 aliphatic rings. The van der Waals surface area contributed by atoms with Gasteiger partial charge in [0.1, 0.15) is 0 Å². The number of unbranched alkanes of at least 4 members (excludes halogenated alkanes) is 6. The monoisotopic (exact) mass is 235 g/mol. The van der Waals surface area contributed by atoms with Crippen LogP contribution in [0.2, 0.25) is 0 Å². The first-order chi connectivity index (χ1) is 7.85. The van der Waals surface area contributed by atoms with Gasteiger partial charge in [-0.25, -0.2) is 0 Å². The van der Waals surface area contributed by atoms with Gasteiger partial charge in [-0.2, -0.15) is 0 Å². The van der Waals surface area contributed by atoms with Gasteiger partial charge in [-0.1, -0.05) is 59.3 Å². The summed E-state index contributed by atoms with van der Waals surface area (Å²) in [6.07, 6.45) is 12.5. The van der Waals surface area contributed by atoms with Crippen LogP contribution in [0.4, 0.5) is 0 Å². The summed E-state index contributed by atoms with van der Waals surface area (Å²) in [5.74, 6) is 0. The Bertz CT molecular complexity index is 122. The van der Waals surface area contributed by atoms with Crippen LogP contribution < -0.4 is 18.9 Å². The Hall–Kier alpha value is 0.557. The van der Waals surface area contributed by atoms with Crippen molar-refractivity contribution in [2.75, 3.05) is 19.6 Å². The summed E-state index contributed by atoms with van der Waals surface area (Å²) in [6, 6.07) is 0. The molecule has 0 aromatic carbocycles. The molecule has 0 amide bonds. The van der Waals surface area contributed by atoms with E-state index in [2.05, 4.69) is 25.7 Å². The minimum Gasteiger partial charge on any atom is -1.00 e. The van der Waals surface area contributed by atoms with Crippen LogP contribution in [0.5, 0.6) is 0 Å². The van der Waals surface area contributed by atoms with E-state index in [1.54, 1.807) is 0 Å². The van der Waals surface area contributed by atoms with Gasteiger partial charge in [0.05, 0.1) is 0 Å². The molecule has 0 rings (SSSR count). The van der Waals surface area contributed by atoms with E-state index in [0.29, 0.717) is 0 Å². The van der Waals surface area contributed by atoms with Crippen molar-refractivity contribution in [1.82, 2.24) is 4.90 Å². The van der Waals surface area contributed by atoms with Crippen LogP contribution >= 0.6 is 0 Å². The third kappa shape index (κ3) is 14.5. The van der Waals surface area contributed by atoms with E-state index in [9.17, 15) is 0 Å². The molecule has 0 atom stereocenters. The van der Waals surface area contributed by atoms with Crippen molar-refractivity contribution in [3.05, 3.63) is 0 Å². The van der Waals surface area contributed by atoms with Crippen molar-refractivity contribution < 1.29 is 20.3 Å². The van der Waals surface area contributed by atoms with Gasteiger partial charge in [-0.05, 0) is 38.9 Å². The summed E-state index contributed by atoms with van der Waals surface area (Å²) in [6.45, 7) is 10.8. The molecule has 17 heavy (non-hydrogen) atoms. The molecule has 0 aromatic heterocycles. The zero-order chi connectivity index (χ0) is 12.1. The van der Waals surface area contributed by atoms with Crippen LogP contribution in [0, 0.1) is 0 Å². The first kappa shape index (κ1) is 19.9. The summed E-state index contributed by atoms with van der Waals surface area (Å²) < 4.78 is 0. The molecule has 0 fully saturated rings. The Morgan fingerprint density at radius 3 is 1.41 bits per heavy atom. The normalized spacial score (nSPS) is 10.6. The average Bonchev–Trinajstić information content (AvgIpc) is 2.30. The van der Waals surface area contributed by atoms with E-state index >= 15 is 0 Å². The minimum atomic E-state index is 0. The summed E-state index contributed by atoms with van der Waals surface area (Å²) in [5.41, 5.74) is 0. The van der Waals surface area contributed by atoms with Crippen molar-refractivity contribution >= 4 is 0 Å². The molecule has 0 unspecified atom stereocenters. The number of rotatable bonds is 12. The summed E-state index contributed by atoms with van der Waals surface area (Å²) in [7, 11) is 0. The molecule has 0 saturated heterocycles. The standard InChI is InChI=1S/C15H33N.Li.H/c1-4-7-9-11-14-16(13-6-3)15-12-10-8-5-2;;/h4-15H2,1-3H3;;/q;+1;-1. The SMILES string of the molecule is CCCCCCN(CCC)CCCCCC.[H-].[Li+]. The third-order valence-electron chi connectivity index (χ3n) is 3.20. The quantitative estimate of drug-likeness (QED) is 0.369. The van der Waals surface area contributed by atoms with E-state index in [1.165, 1.54) is 77.4 Å². The van der Waals surface area contributed by atoms with E-state index in [-0.39, 0.29) is 20.3 Å². The van der Waals surface area contributed by atoms with Gasteiger partial charge < -0.3 is 6.33 Å². The number of nitrogens with zero attached hydrogens (tertiary/aromatic N) is 1. The number of hydrogen-bond acceptors (Lipinski definition) is 1. The molecule has 2 heteroatoms. The molecule has 0 aliphatic heterocycles. The topological polar surface area (TPSA) is 3.24 Å².